The third kappa shape index (κ3) is 6.99. The molecule has 0 heterocycles. The molecule has 1 unspecified atom stereocenters. The number of amides is 2. The fourth-order valence-electron chi connectivity index (χ4n) is 2.09. The molecule has 0 bridgehead atoms. The van der Waals surface area contributed by atoms with Gasteiger partial charge in [-0.2, -0.15) is 0 Å². The second-order valence-corrected chi connectivity index (χ2v) is 6.38. The molecule has 0 aliphatic carbocycles. The van der Waals surface area contributed by atoms with Gasteiger partial charge in [-0.25, -0.2) is 9.18 Å². The second kappa shape index (κ2) is 9.50. The highest BCUT2D eigenvalue weighted by atomic mass is 79.9. The first kappa shape index (κ1) is 19.4. The normalized spacial score (nSPS) is 11.9. The van der Waals surface area contributed by atoms with E-state index in [1.165, 1.54) is 18.2 Å². The van der Waals surface area contributed by atoms with Crippen molar-refractivity contribution >= 4 is 27.9 Å². The Balaban J connectivity index is 2.65. The zero-order chi connectivity index (χ0) is 17.4. The van der Waals surface area contributed by atoms with E-state index in [0.29, 0.717) is 22.4 Å². The van der Waals surface area contributed by atoms with E-state index in [2.05, 4.69) is 26.6 Å². The Kier molecular flexibility index (Phi) is 8.02. The van der Waals surface area contributed by atoms with E-state index in [9.17, 15) is 14.0 Å². The Bertz CT molecular complexity index is 552. The van der Waals surface area contributed by atoms with Gasteiger partial charge in [0, 0.05) is 17.1 Å². The molecule has 0 spiro atoms. The summed E-state index contributed by atoms with van der Waals surface area (Å²) >= 11 is 3.17. The number of hydrogen-bond donors (Lipinski definition) is 2. The molecule has 128 valence electrons. The highest BCUT2D eigenvalue weighted by Gasteiger charge is 2.17. The SMILES string of the molecule is CCOC(=O)NC(CNC(=O)c1ccc(F)cc1Br)CC(C)C. The van der Waals surface area contributed by atoms with Crippen LogP contribution in [-0.4, -0.2) is 31.2 Å². The molecule has 0 aromatic heterocycles. The Morgan fingerprint density at radius 1 is 1.35 bits per heavy atom. The van der Waals surface area contributed by atoms with Gasteiger partial charge in [0.05, 0.1) is 12.2 Å². The second-order valence-electron chi connectivity index (χ2n) is 5.53. The van der Waals surface area contributed by atoms with E-state index in [0.717, 1.165) is 0 Å². The van der Waals surface area contributed by atoms with Crippen molar-refractivity contribution in [3.05, 3.63) is 34.1 Å². The zero-order valence-electron chi connectivity index (χ0n) is 13.5. The smallest absolute Gasteiger partial charge is 0.407 e. The molecule has 0 saturated heterocycles. The van der Waals surface area contributed by atoms with Crippen LogP contribution in [0.1, 0.15) is 37.6 Å². The molecule has 2 amide bonds. The van der Waals surface area contributed by atoms with Crippen molar-refractivity contribution in [2.24, 2.45) is 5.92 Å². The lowest BCUT2D eigenvalue weighted by Crippen LogP contribution is -2.44. The average Bonchev–Trinajstić information content (AvgIpc) is 2.44. The lowest BCUT2D eigenvalue weighted by Gasteiger charge is -2.21. The van der Waals surface area contributed by atoms with Crippen LogP contribution in [-0.2, 0) is 4.74 Å². The molecular weight excluding hydrogens is 367 g/mol. The van der Waals surface area contributed by atoms with E-state index in [4.69, 9.17) is 4.74 Å². The van der Waals surface area contributed by atoms with Crippen LogP contribution >= 0.6 is 15.9 Å². The van der Waals surface area contributed by atoms with Gasteiger partial charge < -0.3 is 15.4 Å². The summed E-state index contributed by atoms with van der Waals surface area (Å²) in [7, 11) is 0. The minimum Gasteiger partial charge on any atom is -0.450 e. The van der Waals surface area contributed by atoms with E-state index >= 15 is 0 Å². The minimum atomic E-state index is -0.504. The van der Waals surface area contributed by atoms with Crippen molar-refractivity contribution in [1.29, 1.82) is 0 Å². The summed E-state index contributed by atoms with van der Waals surface area (Å²) in [5, 5.41) is 5.48. The molecule has 0 saturated carbocycles. The summed E-state index contributed by atoms with van der Waals surface area (Å²) < 4.78 is 18.3. The van der Waals surface area contributed by atoms with Gasteiger partial charge in [0.1, 0.15) is 5.82 Å². The van der Waals surface area contributed by atoms with Crippen LogP contribution in [0.25, 0.3) is 0 Å². The first-order valence-corrected chi connectivity index (χ1v) is 8.29. The number of carbonyl (C=O) groups is 2. The molecule has 5 nitrogen and oxygen atoms in total. The van der Waals surface area contributed by atoms with Crippen molar-refractivity contribution in [3.8, 4) is 0 Å². The number of halogens is 2. The maximum atomic E-state index is 13.1. The summed E-state index contributed by atoms with van der Waals surface area (Å²) in [6.07, 6.45) is 0.194. The number of alkyl carbamates (subject to hydrolysis) is 1. The third-order valence-electron chi connectivity index (χ3n) is 3.04. The third-order valence-corrected chi connectivity index (χ3v) is 3.69. The van der Waals surface area contributed by atoms with E-state index in [1.54, 1.807) is 6.92 Å². The Morgan fingerprint density at radius 2 is 2.04 bits per heavy atom. The largest absolute Gasteiger partial charge is 0.450 e. The molecule has 2 N–H and O–H groups in total. The van der Waals surface area contributed by atoms with E-state index in [-0.39, 0.29) is 25.1 Å². The van der Waals surface area contributed by atoms with Crippen LogP contribution in [0.15, 0.2) is 22.7 Å². The first-order valence-electron chi connectivity index (χ1n) is 7.50. The van der Waals surface area contributed by atoms with Crippen molar-refractivity contribution < 1.29 is 18.7 Å². The molecule has 1 rings (SSSR count). The number of carbonyl (C=O) groups excluding carboxylic acids is 2. The van der Waals surface area contributed by atoms with Crippen LogP contribution in [0, 0.1) is 11.7 Å². The minimum absolute atomic E-state index is 0.239. The van der Waals surface area contributed by atoms with Gasteiger partial charge in [-0.3, -0.25) is 4.79 Å². The molecular formula is C16H22BrFN2O3. The molecule has 1 aromatic rings. The van der Waals surface area contributed by atoms with Gasteiger partial charge in [0.2, 0.25) is 0 Å². The number of benzene rings is 1. The van der Waals surface area contributed by atoms with Crippen LogP contribution in [0.3, 0.4) is 0 Å². The molecule has 23 heavy (non-hydrogen) atoms. The predicted octanol–water partition coefficient (Wildman–Crippen LogP) is 3.48. The fraction of sp³-hybridized carbons (Fsp3) is 0.500. The number of hydrogen-bond acceptors (Lipinski definition) is 3. The quantitative estimate of drug-likeness (QED) is 0.751. The van der Waals surface area contributed by atoms with Crippen LogP contribution < -0.4 is 10.6 Å². The average molecular weight is 389 g/mol. The highest BCUT2D eigenvalue weighted by Crippen LogP contribution is 2.17. The van der Waals surface area contributed by atoms with E-state index < -0.39 is 11.9 Å². The van der Waals surface area contributed by atoms with Gasteiger partial charge in [-0.1, -0.05) is 13.8 Å². The molecule has 7 heteroatoms. The van der Waals surface area contributed by atoms with Crippen LogP contribution in [0.4, 0.5) is 9.18 Å². The van der Waals surface area contributed by atoms with Gasteiger partial charge in [0.15, 0.2) is 0 Å². The number of rotatable bonds is 7. The first-order chi connectivity index (χ1) is 10.8. The summed E-state index contributed by atoms with van der Waals surface area (Å²) in [5.74, 6) is -0.414. The molecule has 1 atom stereocenters. The van der Waals surface area contributed by atoms with Crippen molar-refractivity contribution in [2.75, 3.05) is 13.2 Å². The van der Waals surface area contributed by atoms with Crippen LogP contribution in [0.2, 0.25) is 0 Å². The molecule has 0 aliphatic heterocycles. The monoisotopic (exact) mass is 388 g/mol. The molecule has 0 aliphatic rings. The Morgan fingerprint density at radius 3 is 2.61 bits per heavy atom. The number of ether oxygens (including phenoxy) is 1. The van der Waals surface area contributed by atoms with E-state index in [1.807, 2.05) is 13.8 Å². The Hall–Kier alpha value is -1.63. The summed E-state index contributed by atoms with van der Waals surface area (Å²) in [6, 6.07) is 3.63. The summed E-state index contributed by atoms with van der Waals surface area (Å²) in [6.45, 7) is 6.33. The summed E-state index contributed by atoms with van der Waals surface area (Å²) in [5.41, 5.74) is 0.339. The maximum Gasteiger partial charge on any atom is 0.407 e. The zero-order valence-corrected chi connectivity index (χ0v) is 15.1. The van der Waals surface area contributed by atoms with Gasteiger partial charge >= 0.3 is 6.09 Å². The number of nitrogens with one attached hydrogen (secondary N) is 2. The molecule has 1 aromatic carbocycles. The van der Waals surface area contributed by atoms with Gasteiger partial charge in [-0.05, 0) is 53.4 Å². The van der Waals surface area contributed by atoms with Crippen molar-refractivity contribution in [2.45, 2.75) is 33.2 Å². The van der Waals surface area contributed by atoms with Crippen LogP contribution in [0.5, 0.6) is 0 Å². The highest BCUT2D eigenvalue weighted by molar-refractivity contribution is 9.10. The maximum absolute atomic E-state index is 13.1. The van der Waals surface area contributed by atoms with Crippen molar-refractivity contribution in [1.82, 2.24) is 10.6 Å². The topological polar surface area (TPSA) is 67.4 Å². The lowest BCUT2D eigenvalue weighted by atomic mass is 10.0. The predicted molar refractivity (Wildman–Crippen MR) is 89.8 cm³/mol. The summed E-state index contributed by atoms with van der Waals surface area (Å²) in [4.78, 5) is 23.7. The molecule has 0 radical (unpaired) electrons. The van der Waals surface area contributed by atoms with Crippen molar-refractivity contribution in [3.63, 3.8) is 0 Å². The van der Waals surface area contributed by atoms with Gasteiger partial charge in [0.25, 0.3) is 5.91 Å². The fourth-order valence-corrected chi connectivity index (χ4v) is 2.62. The standard InChI is InChI=1S/C16H22BrFN2O3/c1-4-23-16(22)20-12(7-10(2)3)9-19-15(21)13-6-5-11(18)8-14(13)17/h5-6,8,10,12H,4,7,9H2,1-3H3,(H,19,21)(H,20,22). The lowest BCUT2D eigenvalue weighted by molar-refractivity contribution is 0.0943. The molecule has 0 fully saturated rings. The van der Waals surface area contributed by atoms with Gasteiger partial charge in [-0.15, -0.1) is 0 Å². The Labute approximate surface area is 144 Å².